The fourth-order valence-corrected chi connectivity index (χ4v) is 2.45. The average molecular weight is 407 g/mol. The van der Waals surface area contributed by atoms with E-state index in [1.165, 1.54) is 13.2 Å². The van der Waals surface area contributed by atoms with Gasteiger partial charge < -0.3 is 4.74 Å². The Morgan fingerprint density at radius 1 is 1.30 bits per heavy atom. The van der Waals surface area contributed by atoms with Crippen molar-refractivity contribution in [2.75, 3.05) is 7.11 Å². The van der Waals surface area contributed by atoms with Crippen molar-refractivity contribution >= 4 is 34.2 Å². The van der Waals surface area contributed by atoms with Crippen LogP contribution in [0.25, 0.3) is 0 Å². The van der Waals surface area contributed by atoms with Gasteiger partial charge in [-0.1, -0.05) is 23.7 Å². The standard InChI is InChI=1S/C14H13ClFIN2O/c1-20-9-3-4-10(12(16)7-9)14(19-18)8-2-5-13(17)11(15)6-8/h2-7,14,19H,18H2,1H3. The Hall–Kier alpha value is -0.890. The first kappa shape index (κ1) is 15.5. The summed E-state index contributed by atoms with van der Waals surface area (Å²) in [6.07, 6.45) is 0. The SMILES string of the molecule is COc1ccc(C(NN)c2ccc(I)c(Cl)c2)c(F)c1. The quantitative estimate of drug-likeness (QED) is 0.463. The van der Waals surface area contributed by atoms with Crippen LogP contribution in [0.5, 0.6) is 5.75 Å². The van der Waals surface area contributed by atoms with Gasteiger partial charge in [-0.25, -0.2) is 9.82 Å². The van der Waals surface area contributed by atoms with Crippen LogP contribution in [0.15, 0.2) is 36.4 Å². The van der Waals surface area contributed by atoms with Crippen molar-refractivity contribution in [2.24, 2.45) is 5.84 Å². The first-order valence-electron chi connectivity index (χ1n) is 5.81. The van der Waals surface area contributed by atoms with Crippen LogP contribution in [0.3, 0.4) is 0 Å². The van der Waals surface area contributed by atoms with E-state index in [1.54, 1.807) is 18.2 Å². The van der Waals surface area contributed by atoms with Gasteiger partial charge in [0.05, 0.1) is 18.2 Å². The van der Waals surface area contributed by atoms with E-state index >= 15 is 0 Å². The summed E-state index contributed by atoms with van der Waals surface area (Å²) in [6.45, 7) is 0. The second kappa shape index (κ2) is 6.71. The van der Waals surface area contributed by atoms with E-state index in [1.807, 2.05) is 12.1 Å². The minimum Gasteiger partial charge on any atom is -0.497 e. The molecule has 0 aliphatic rings. The van der Waals surface area contributed by atoms with Crippen molar-refractivity contribution in [3.05, 3.63) is 61.9 Å². The van der Waals surface area contributed by atoms with Gasteiger partial charge in [0, 0.05) is 15.2 Å². The Bertz CT molecular complexity index is 624. The number of benzene rings is 2. The van der Waals surface area contributed by atoms with Crippen LogP contribution in [0.2, 0.25) is 5.02 Å². The molecule has 0 heterocycles. The molecule has 0 saturated carbocycles. The number of methoxy groups -OCH3 is 1. The lowest BCUT2D eigenvalue weighted by molar-refractivity contribution is 0.410. The normalized spacial score (nSPS) is 12.2. The van der Waals surface area contributed by atoms with Gasteiger partial charge in [0.15, 0.2) is 0 Å². The minimum atomic E-state index is -0.476. The zero-order valence-electron chi connectivity index (χ0n) is 10.7. The Balaban J connectivity index is 2.43. The highest BCUT2D eigenvalue weighted by molar-refractivity contribution is 14.1. The van der Waals surface area contributed by atoms with Crippen molar-refractivity contribution in [2.45, 2.75) is 6.04 Å². The predicted molar refractivity (Wildman–Crippen MR) is 86.3 cm³/mol. The summed E-state index contributed by atoms with van der Waals surface area (Å²) in [5.41, 5.74) is 3.85. The van der Waals surface area contributed by atoms with Crippen LogP contribution in [-0.4, -0.2) is 7.11 Å². The molecule has 20 heavy (non-hydrogen) atoms. The molecule has 0 spiro atoms. The molecule has 1 atom stereocenters. The Morgan fingerprint density at radius 2 is 2.05 bits per heavy atom. The summed E-state index contributed by atoms with van der Waals surface area (Å²) in [7, 11) is 1.49. The smallest absolute Gasteiger partial charge is 0.132 e. The highest BCUT2D eigenvalue weighted by Crippen LogP contribution is 2.29. The molecule has 0 aromatic heterocycles. The van der Waals surface area contributed by atoms with Crippen LogP contribution in [0.1, 0.15) is 17.2 Å². The second-order valence-electron chi connectivity index (χ2n) is 4.16. The summed E-state index contributed by atoms with van der Waals surface area (Å²) in [5, 5.41) is 0.609. The van der Waals surface area contributed by atoms with Crippen molar-refractivity contribution in [1.29, 1.82) is 0 Å². The predicted octanol–water partition coefficient (Wildman–Crippen LogP) is 3.65. The molecule has 0 aliphatic carbocycles. The van der Waals surface area contributed by atoms with Crippen LogP contribution < -0.4 is 16.0 Å². The van der Waals surface area contributed by atoms with Crippen molar-refractivity contribution < 1.29 is 9.13 Å². The van der Waals surface area contributed by atoms with Crippen LogP contribution in [-0.2, 0) is 0 Å². The van der Waals surface area contributed by atoms with Crippen LogP contribution in [0.4, 0.5) is 4.39 Å². The Labute approximate surface area is 135 Å². The number of nitrogens with one attached hydrogen (secondary N) is 1. The molecule has 0 bridgehead atoms. The third-order valence-electron chi connectivity index (χ3n) is 2.96. The molecular formula is C14H13ClFIN2O. The number of rotatable bonds is 4. The third kappa shape index (κ3) is 3.22. The van der Waals surface area contributed by atoms with Gasteiger partial charge in [0.1, 0.15) is 11.6 Å². The largest absolute Gasteiger partial charge is 0.497 e. The molecule has 106 valence electrons. The molecule has 0 fully saturated rings. The molecular weight excluding hydrogens is 394 g/mol. The minimum absolute atomic E-state index is 0.387. The third-order valence-corrected chi connectivity index (χ3v) is 4.53. The van der Waals surface area contributed by atoms with Gasteiger partial charge >= 0.3 is 0 Å². The first-order valence-corrected chi connectivity index (χ1v) is 7.27. The van der Waals surface area contributed by atoms with Gasteiger partial charge in [-0.3, -0.25) is 5.84 Å². The Kier molecular flexibility index (Phi) is 5.20. The van der Waals surface area contributed by atoms with Crippen molar-refractivity contribution in [3.8, 4) is 5.75 Å². The van der Waals surface area contributed by atoms with Crippen molar-refractivity contribution in [1.82, 2.24) is 5.43 Å². The lowest BCUT2D eigenvalue weighted by Crippen LogP contribution is -2.29. The molecule has 0 aliphatic heterocycles. The molecule has 2 aromatic carbocycles. The number of halogens is 3. The van der Waals surface area contributed by atoms with Gasteiger partial charge in [0.2, 0.25) is 0 Å². The van der Waals surface area contributed by atoms with Gasteiger partial charge in [-0.15, -0.1) is 0 Å². The topological polar surface area (TPSA) is 47.3 Å². The van der Waals surface area contributed by atoms with Gasteiger partial charge in [-0.2, -0.15) is 0 Å². The van der Waals surface area contributed by atoms with E-state index in [0.717, 1.165) is 9.13 Å². The summed E-state index contributed by atoms with van der Waals surface area (Å²) >= 11 is 8.23. The molecule has 0 amide bonds. The summed E-state index contributed by atoms with van der Waals surface area (Å²) in [6, 6.07) is 9.69. The zero-order chi connectivity index (χ0) is 14.7. The van der Waals surface area contributed by atoms with E-state index < -0.39 is 6.04 Å². The van der Waals surface area contributed by atoms with Gasteiger partial charge in [0.25, 0.3) is 0 Å². The number of nitrogens with two attached hydrogens (primary N) is 1. The molecule has 3 nitrogen and oxygen atoms in total. The van der Waals surface area contributed by atoms with Crippen LogP contribution >= 0.6 is 34.2 Å². The van der Waals surface area contributed by atoms with E-state index in [9.17, 15) is 4.39 Å². The Morgan fingerprint density at radius 3 is 2.60 bits per heavy atom. The maximum absolute atomic E-state index is 14.1. The number of hydrogen-bond donors (Lipinski definition) is 2. The number of hydrogen-bond acceptors (Lipinski definition) is 3. The van der Waals surface area contributed by atoms with E-state index in [-0.39, 0.29) is 5.82 Å². The van der Waals surface area contributed by atoms with E-state index in [2.05, 4.69) is 28.0 Å². The summed E-state index contributed by atoms with van der Waals surface area (Å²) < 4.78 is 20.0. The van der Waals surface area contributed by atoms with Crippen molar-refractivity contribution in [3.63, 3.8) is 0 Å². The lowest BCUT2D eigenvalue weighted by atomic mass is 9.99. The molecule has 0 saturated heterocycles. The highest BCUT2D eigenvalue weighted by Gasteiger charge is 2.18. The molecule has 1 unspecified atom stereocenters. The van der Waals surface area contributed by atoms with Crippen LogP contribution in [0, 0.1) is 9.39 Å². The zero-order valence-corrected chi connectivity index (χ0v) is 13.6. The van der Waals surface area contributed by atoms with Gasteiger partial charge in [-0.05, 0) is 46.4 Å². The van der Waals surface area contributed by atoms with E-state index in [0.29, 0.717) is 16.3 Å². The highest BCUT2D eigenvalue weighted by atomic mass is 127. The molecule has 2 rings (SSSR count). The molecule has 3 N–H and O–H groups in total. The monoisotopic (exact) mass is 406 g/mol. The summed E-state index contributed by atoms with van der Waals surface area (Å²) in [4.78, 5) is 0. The summed E-state index contributed by atoms with van der Waals surface area (Å²) in [5.74, 6) is 5.65. The maximum Gasteiger partial charge on any atom is 0.132 e. The number of hydrazine groups is 1. The average Bonchev–Trinajstić information content (AvgIpc) is 2.45. The second-order valence-corrected chi connectivity index (χ2v) is 5.73. The fraction of sp³-hybridized carbons (Fsp3) is 0.143. The molecule has 6 heteroatoms. The first-order chi connectivity index (χ1) is 9.56. The molecule has 2 aromatic rings. The molecule has 0 radical (unpaired) electrons. The number of ether oxygens (including phenoxy) is 1. The van der Waals surface area contributed by atoms with E-state index in [4.69, 9.17) is 22.2 Å². The maximum atomic E-state index is 14.1. The fourth-order valence-electron chi connectivity index (χ4n) is 1.93. The lowest BCUT2D eigenvalue weighted by Gasteiger charge is -2.18.